The van der Waals surface area contributed by atoms with Crippen LogP contribution in [0.1, 0.15) is 27.7 Å². The van der Waals surface area contributed by atoms with Gasteiger partial charge in [-0.25, -0.2) is 0 Å². The van der Waals surface area contributed by atoms with Crippen molar-refractivity contribution in [2.45, 2.75) is 46.3 Å². The first-order chi connectivity index (χ1) is 8.90. The van der Waals surface area contributed by atoms with E-state index in [0.29, 0.717) is 24.3 Å². The molecule has 1 aromatic rings. The van der Waals surface area contributed by atoms with Gasteiger partial charge in [-0.05, 0) is 27.7 Å². The minimum absolute atomic E-state index is 0.0458. The van der Waals surface area contributed by atoms with E-state index < -0.39 is 0 Å². The molecule has 0 spiro atoms. The molecular weight excluding hydrogens is 242 g/mol. The van der Waals surface area contributed by atoms with Crippen LogP contribution in [0.3, 0.4) is 0 Å². The maximum Gasteiger partial charge on any atom is 0.241 e. The Bertz CT molecular complexity index is 391. The van der Waals surface area contributed by atoms with E-state index in [1.165, 1.54) is 10.9 Å². The summed E-state index contributed by atoms with van der Waals surface area (Å²) in [6.07, 6.45) is 3.18. The van der Waals surface area contributed by atoms with E-state index in [4.69, 9.17) is 5.73 Å². The second kappa shape index (κ2) is 7.13. The number of hydrogen-bond acceptors (Lipinski definition) is 4. The van der Waals surface area contributed by atoms with Crippen molar-refractivity contribution in [3.63, 3.8) is 0 Å². The number of amides is 1. The Morgan fingerprint density at radius 1 is 1.42 bits per heavy atom. The zero-order chi connectivity index (χ0) is 14.4. The smallest absolute Gasteiger partial charge is 0.241 e. The van der Waals surface area contributed by atoms with Gasteiger partial charge in [0, 0.05) is 31.4 Å². The van der Waals surface area contributed by atoms with Gasteiger partial charge in [0.1, 0.15) is 6.54 Å². The fraction of sp³-hybridized carbons (Fsp3) is 0.692. The van der Waals surface area contributed by atoms with E-state index >= 15 is 0 Å². The van der Waals surface area contributed by atoms with Gasteiger partial charge in [-0.2, -0.15) is 5.10 Å². The molecule has 6 heteroatoms. The van der Waals surface area contributed by atoms with E-state index in [1.54, 1.807) is 6.20 Å². The lowest BCUT2D eigenvalue weighted by Crippen LogP contribution is -2.43. The molecule has 0 saturated heterocycles. The summed E-state index contributed by atoms with van der Waals surface area (Å²) in [7, 11) is 0. The summed E-state index contributed by atoms with van der Waals surface area (Å²) in [5.41, 5.74) is 6.11. The van der Waals surface area contributed by atoms with Gasteiger partial charge in [-0.3, -0.25) is 14.4 Å². The number of nitrogen functional groups attached to an aromatic ring is 1. The number of nitrogens with two attached hydrogens (primary N) is 1. The van der Waals surface area contributed by atoms with Crippen LogP contribution in [0.5, 0.6) is 0 Å². The second-order valence-electron chi connectivity index (χ2n) is 5.25. The van der Waals surface area contributed by atoms with Gasteiger partial charge in [0.05, 0.1) is 11.9 Å². The minimum Gasteiger partial charge on any atom is -0.396 e. The van der Waals surface area contributed by atoms with E-state index in [1.807, 2.05) is 0 Å². The zero-order valence-electron chi connectivity index (χ0n) is 12.3. The number of nitrogens with zero attached hydrogens (tertiary/aromatic N) is 3. The number of anilines is 1. The summed E-state index contributed by atoms with van der Waals surface area (Å²) in [4.78, 5) is 14.1. The Kier molecular flexibility index (Phi) is 5.82. The molecule has 19 heavy (non-hydrogen) atoms. The predicted molar refractivity (Wildman–Crippen MR) is 76.6 cm³/mol. The highest BCUT2D eigenvalue weighted by atomic mass is 16.2. The lowest BCUT2D eigenvalue weighted by atomic mass is 10.2. The summed E-state index contributed by atoms with van der Waals surface area (Å²) in [5, 5.41) is 6.87. The molecule has 0 aromatic carbocycles. The van der Waals surface area contributed by atoms with Crippen molar-refractivity contribution in [3.05, 3.63) is 12.4 Å². The number of aromatic nitrogens is 2. The van der Waals surface area contributed by atoms with Crippen LogP contribution < -0.4 is 11.1 Å². The number of carbonyl (C=O) groups is 1. The van der Waals surface area contributed by atoms with Gasteiger partial charge >= 0.3 is 0 Å². The number of hydrogen-bond donors (Lipinski definition) is 2. The molecule has 1 rings (SSSR count). The van der Waals surface area contributed by atoms with Crippen LogP contribution >= 0.6 is 0 Å². The third-order valence-electron chi connectivity index (χ3n) is 2.98. The molecular formula is C13H25N5O. The van der Waals surface area contributed by atoms with E-state index in [2.05, 4.69) is 43.0 Å². The number of carbonyl (C=O) groups excluding carboxylic acids is 1. The third-order valence-corrected chi connectivity index (χ3v) is 2.98. The maximum atomic E-state index is 11.7. The van der Waals surface area contributed by atoms with Crippen LogP contribution in [0.4, 0.5) is 5.69 Å². The maximum absolute atomic E-state index is 11.7. The van der Waals surface area contributed by atoms with Crippen molar-refractivity contribution >= 4 is 11.6 Å². The molecule has 1 aromatic heterocycles. The van der Waals surface area contributed by atoms with Crippen molar-refractivity contribution in [3.8, 4) is 0 Å². The second-order valence-corrected chi connectivity index (χ2v) is 5.25. The predicted octanol–water partition coefficient (Wildman–Crippen LogP) is 0.700. The SMILES string of the molecule is CC(C)N(CCNC(=O)Cn1cc(N)cn1)C(C)C. The third kappa shape index (κ3) is 5.30. The summed E-state index contributed by atoms with van der Waals surface area (Å²) in [5.74, 6) is -0.0458. The van der Waals surface area contributed by atoms with Crippen molar-refractivity contribution < 1.29 is 4.79 Å². The van der Waals surface area contributed by atoms with E-state index in [-0.39, 0.29) is 12.5 Å². The quantitative estimate of drug-likeness (QED) is 0.762. The van der Waals surface area contributed by atoms with Gasteiger partial charge in [-0.1, -0.05) is 0 Å². The molecule has 0 aliphatic rings. The molecule has 0 bridgehead atoms. The Balaban J connectivity index is 2.30. The van der Waals surface area contributed by atoms with Crippen LogP contribution in [-0.4, -0.2) is 45.8 Å². The summed E-state index contributed by atoms with van der Waals surface area (Å²) < 4.78 is 1.54. The number of rotatable bonds is 7. The van der Waals surface area contributed by atoms with Crippen LogP contribution in [0.25, 0.3) is 0 Å². The summed E-state index contributed by atoms with van der Waals surface area (Å²) >= 11 is 0. The fourth-order valence-corrected chi connectivity index (χ4v) is 2.11. The molecule has 1 amide bonds. The first kappa shape index (κ1) is 15.5. The highest BCUT2D eigenvalue weighted by Crippen LogP contribution is 2.03. The molecule has 0 atom stereocenters. The molecule has 108 valence electrons. The first-order valence-corrected chi connectivity index (χ1v) is 6.70. The minimum atomic E-state index is -0.0458. The first-order valence-electron chi connectivity index (χ1n) is 6.70. The Morgan fingerprint density at radius 3 is 2.53 bits per heavy atom. The molecule has 3 N–H and O–H groups in total. The Hall–Kier alpha value is -1.56. The largest absolute Gasteiger partial charge is 0.396 e. The molecule has 6 nitrogen and oxygen atoms in total. The van der Waals surface area contributed by atoms with E-state index in [9.17, 15) is 4.79 Å². The molecule has 0 saturated carbocycles. The zero-order valence-corrected chi connectivity index (χ0v) is 12.3. The van der Waals surface area contributed by atoms with Crippen LogP contribution in [0.15, 0.2) is 12.4 Å². The van der Waals surface area contributed by atoms with Gasteiger partial charge in [-0.15, -0.1) is 0 Å². The standard InChI is InChI=1S/C13H25N5O/c1-10(2)18(11(3)4)6-5-15-13(19)9-17-8-12(14)7-16-17/h7-8,10-11H,5-6,9,14H2,1-4H3,(H,15,19). The Morgan fingerprint density at radius 2 is 2.05 bits per heavy atom. The molecule has 0 radical (unpaired) electrons. The molecule has 0 fully saturated rings. The lowest BCUT2D eigenvalue weighted by Gasteiger charge is -2.30. The fourth-order valence-electron chi connectivity index (χ4n) is 2.11. The van der Waals surface area contributed by atoms with Crippen LogP contribution in [0.2, 0.25) is 0 Å². The normalized spacial score (nSPS) is 11.5. The highest BCUT2D eigenvalue weighted by Gasteiger charge is 2.13. The average molecular weight is 267 g/mol. The summed E-state index contributed by atoms with van der Waals surface area (Å²) in [6.45, 7) is 10.3. The molecule has 1 heterocycles. The highest BCUT2D eigenvalue weighted by molar-refractivity contribution is 5.75. The van der Waals surface area contributed by atoms with Gasteiger partial charge in [0.15, 0.2) is 0 Å². The lowest BCUT2D eigenvalue weighted by molar-refractivity contribution is -0.121. The average Bonchev–Trinajstić information content (AvgIpc) is 2.69. The monoisotopic (exact) mass is 267 g/mol. The summed E-state index contributed by atoms with van der Waals surface area (Å²) in [6, 6.07) is 0.950. The van der Waals surface area contributed by atoms with Gasteiger partial charge < -0.3 is 11.1 Å². The van der Waals surface area contributed by atoms with Crippen molar-refractivity contribution in [1.82, 2.24) is 20.0 Å². The Labute approximate surface area is 114 Å². The van der Waals surface area contributed by atoms with E-state index in [0.717, 1.165) is 6.54 Å². The van der Waals surface area contributed by atoms with Crippen LogP contribution in [-0.2, 0) is 11.3 Å². The van der Waals surface area contributed by atoms with Crippen molar-refractivity contribution in [2.75, 3.05) is 18.8 Å². The van der Waals surface area contributed by atoms with Crippen molar-refractivity contribution in [2.24, 2.45) is 0 Å². The van der Waals surface area contributed by atoms with Crippen molar-refractivity contribution in [1.29, 1.82) is 0 Å². The number of nitrogens with one attached hydrogen (secondary N) is 1. The topological polar surface area (TPSA) is 76.2 Å². The van der Waals surface area contributed by atoms with Gasteiger partial charge in [0.25, 0.3) is 0 Å². The molecule has 0 aliphatic carbocycles. The van der Waals surface area contributed by atoms with Crippen LogP contribution in [0, 0.1) is 0 Å². The molecule has 0 aliphatic heterocycles. The molecule has 0 unspecified atom stereocenters. The van der Waals surface area contributed by atoms with Gasteiger partial charge in [0.2, 0.25) is 5.91 Å².